The Morgan fingerprint density at radius 1 is 1.19 bits per heavy atom. The number of nitrogens with zero attached hydrogens (tertiary/aromatic N) is 4. The predicted octanol–water partition coefficient (Wildman–Crippen LogP) is 5.48. The number of thioether (sulfide) groups is 2. The summed E-state index contributed by atoms with van der Waals surface area (Å²) in [5.41, 5.74) is 3.73. The Bertz CT molecular complexity index is 1120. The number of aryl methyl sites for hydroxylation is 1. The first-order chi connectivity index (χ1) is 13.2. The molecule has 3 aromatic heterocycles. The molecule has 7 heteroatoms. The Morgan fingerprint density at radius 3 is 2.85 bits per heavy atom. The molecule has 1 aliphatic rings. The molecule has 4 nitrogen and oxygen atoms in total. The van der Waals surface area contributed by atoms with Gasteiger partial charge in [0.15, 0.2) is 16.0 Å². The lowest BCUT2D eigenvalue weighted by Crippen LogP contribution is -2.08. The van der Waals surface area contributed by atoms with Gasteiger partial charge in [-0.15, -0.1) is 21.5 Å². The molecule has 0 N–H and O–H groups in total. The van der Waals surface area contributed by atoms with E-state index in [0.717, 1.165) is 38.9 Å². The van der Waals surface area contributed by atoms with Crippen molar-refractivity contribution in [2.24, 2.45) is 5.92 Å². The van der Waals surface area contributed by atoms with Crippen LogP contribution in [0.15, 0.2) is 40.6 Å². The number of rotatable bonds is 4. The van der Waals surface area contributed by atoms with Gasteiger partial charge in [0.2, 0.25) is 0 Å². The van der Waals surface area contributed by atoms with Crippen LogP contribution in [0.3, 0.4) is 0 Å². The molecular weight excluding hydrogens is 392 g/mol. The van der Waals surface area contributed by atoms with Crippen LogP contribution >= 0.6 is 34.9 Å². The largest absolute Gasteiger partial charge is 0.248 e. The topological polar surface area (TPSA) is 43.1 Å². The summed E-state index contributed by atoms with van der Waals surface area (Å²) in [6.07, 6.45) is 5.63. The van der Waals surface area contributed by atoms with Crippen LogP contribution in [0, 0.1) is 5.92 Å². The second kappa shape index (κ2) is 7.11. The van der Waals surface area contributed by atoms with Crippen molar-refractivity contribution in [2.75, 3.05) is 6.26 Å². The van der Waals surface area contributed by atoms with Gasteiger partial charge in [0.05, 0.1) is 5.39 Å². The molecule has 0 spiro atoms. The molecule has 27 heavy (non-hydrogen) atoms. The second-order valence-electron chi connectivity index (χ2n) is 7.05. The summed E-state index contributed by atoms with van der Waals surface area (Å²) >= 11 is 5.25. The third kappa shape index (κ3) is 3.05. The minimum absolute atomic E-state index is 0.761. The molecule has 138 valence electrons. The van der Waals surface area contributed by atoms with Crippen molar-refractivity contribution in [3.05, 3.63) is 46.3 Å². The zero-order valence-corrected chi connectivity index (χ0v) is 17.8. The summed E-state index contributed by atoms with van der Waals surface area (Å²) in [6.45, 7) is 2.35. The molecule has 1 aromatic carbocycles. The van der Waals surface area contributed by atoms with Crippen LogP contribution in [0.1, 0.15) is 29.3 Å². The maximum absolute atomic E-state index is 4.99. The van der Waals surface area contributed by atoms with Crippen LogP contribution in [0.5, 0.6) is 0 Å². The van der Waals surface area contributed by atoms with E-state index in [1.165, 1.54) is 34.2 Å². The standard InChI is InChI=1S/C20H20N4S3/c1-12-8-9-14-15(10-12)27-18-16(14)17-22-23-20(24(17)19(21-18)25-2)26-11-13-6-4-3-5-7-13/h3-7,12H,8-11H2,1-2H3/t12-/m1/s1. The summed E-state index contributed by atoms with van der Waals surface area (Å²) in [7, 11) is 0. The molecule has 0 radical (unpaired) electrons. The number of thiophene rings is 1. The lowest BCUT2D eigenvalue weighted by molar-refractivity contribution is 0.509. The van der Waals surface area contributed by atoms with E-state index < -0.39 is 0 Å². The lowest BCUT2D eigenvalue weighted by Gasteiger charge is -2.17. The Labute approximate surface area is 170 Å². The third-order valence-electron chi connectivity index (χ3n) is 5.13. The first-order valence-electron chi connectivity index (χ1n) is 9.14. The van der Waals surface area contributed by atoms with E-state index in [1.807, 2.05) is 17.4 Å². The Hall–Kier alpha value is -1.57. The van der Waals surface area contributed by atoms with Crippen molar-refractivity contribution in [3.8, 4) is 0 Å². The van der Waals surface area contributed by atoms with E-state index in [9.17, 15) is 0 Å². The van der Waals surface area contributed by atoms with E-state index in [2.05, 4.69) is 52.0 Å². The van der Waals surface area contributed by atoms with Crippen molar-refractivity contribution >= 4 is 50.7 Å². The van der Waals surface area contributed by atoms with E-state index >= 15 is 0 Å². The molecule has 0 bridgehead atoms. The first-order valence-corrected chi connectivity index (χ1v) is 12.2. The van der Waals surface area contributed by atoms with Crippen molar-refractivity contribution < 1.29 is 0 Å². The van der Waals surface area contributed by atoms with Crippen LogP contribution in [0.4, 0.5) is 0 Å². The maximum Gasteiger partial charge on any atom is 0.198 e. The summed E-state index contributed by atoms with van der Waals surface area (Å²) in [5, 5.41) is 12.3. The van der Waals surface area contributed by atoms with Gasteiger partial charge in [0.25, 0.3) is 0 Å². The summed E-state index contributed by atoms with van der Waals surface area (Å²) in [4.78, 5) is 7.61. The average molecular weight is 413 g/mol. The van der Waals surface area contributed by atoms with Crippen molar-refractivity contribution in [3.63, 3.8) is 0 Å². The smallest absolute Gasteiger partial charge is 0.198 e. The molecule has 0 fully saturated rings. The van der Waals surface area contributed by atoms with E-state index in [4.69, 9.17) is 4.98 Å². The molecule has 1 aliphatic carbocycles. The highest BCUT2D eigenvalue weighted by atomic mass is 32.2. The van der Waals surface area contributed by atoms with Gasteiger partial charge in [-0.1, -0.05) is 60.8 Å². The zero-order valence-electron chi connectivity index (χ0n) is 15.3. The highest BCUT2D eigenvalue weighted by molar-refractivity contribution is 7.99. The van der Waals surface area contributed by atoms with Gasteiger partial charge in [-0.3, -0.25) is 0 Å². The Kier molecular flexibility index (Phi) is 4.61. The SMILES string of the molecule is CSc1nc2sc3c(c2c2nnc(SCc4ccccc4)n12)CC[C@@H](C)C3. The molecule has 0 saturated carbocycles. The van der Waals surface area contributed by atoms with Crippen LogP contribution in [0.25, 0.3) is 15.9 Å². The van der Waals surface area contributed by atoms with E-state index in [0.29, 0.717) is 0 Å². The van der Waals surface area contributed by atoms with Gasteiger partial charge in [-0.05, 0) is 42.6 Å². The Morgan fingerprint density at radius 2 is 2.04 bits per heavy atom. The molecule has 4 aromatic rings. The molecule has 0 unspecified atom stereocenters. The number of hydrogen-bond acceptors (Lipinski definition) is 6. The van der Waals surface area contributed by atoms with Gasteiger partial charge in [-0.25, -0.2) is 9.38 Å². The van der Waals surface area contributed by atoms with Gasteiger partial charge in [-0.2, -0.15) is 0 Å². The molecule has 0 aliphatic heterocycles. The summed E-state index contributed by atoms with van der Waals surface area (Å²) in [6, 6.07) is 10.5. The minimum Gasteiger partial charge on any atom is -0.248 e. The van der Waals surface area contributed by atoms with Crippen LogP contribution in [-0.4, -0.2) is 25.8 Å². The number of benzene rings is 1. The van der Waals surface area contributed by atoms with Gasteiger partial charge in [0.1, 0.15) is 4.83 Å². The Balaban J connectivity index is 1.63. The highest BCUT2D eigenvalue weighted by Crippen LogP contribution is 2.40. The fraction of sp³-hybridized carbons (Fsp3) is 0.350. The van der Waals surface area contributed by atoms with Crippen molar-refractivity contribution in [2.45, 2.75) is 42.3 Å². The van der Waals surface area contributed by atoms with Gasteiger partial charge >= 0.3 is 0 Å². The lowest BCUT2D eigenvalue weighted by atomic mass is 9.89. The number of fused-ring (bicyclic) bond motifs is 5. The third-order valence-corrected chi connectivity index (χ3v) is 7.92. The highest BCUT2D eigenvalue weighted by Gasteiger charge is 2.25. The van der Waals surface area contributed by atoms with Gasteiger partial charge < -0.3 is 0 Å². The fourth-order valence-corrected chi connectivity index (χ4v) is 6.66. The first kappa shape index (κ1) is 17.5. The van der Waals surface area contributed by atoms with Gasteiger partial charge in [0, 0.05) is 10.6 Å². The number of hydrogen-bond donors (Lipinski definition) is 0. The maximum atomic E-state index is 4.99. The molecule has 3 heterocycles. The van der Waals surface area contributed by atoms with Crippen molar-refractivity contribution in [1.29, 1.82) is 0 Å². The van der Waals surface area contributed by atoms with Crippen LogP contribution < -0.4 is 0 Å². The summed E-state index contributed by atoms with van der Waals surface area (Å²) in [5.74, 6) is 1.64. The quantitative estimate of drug-likeness (QED) is 0.328. The van der Waals surface area contributed by atoms with Crippen LogP contribution in [-0.2, 0) is 18.6 Å². The average Bonchev–Trinajstić information content (AvgIpc) is 3.26. The predicted molar refractivity (Wildman–Crippen MR) is 115 cm³/mol. The minimum atomic E-state index is 0.761. The van der Waals surface area contributed by atoms with E-state index in [-0.39, 0.29) is 0 Å². The fourth-order valence-electron chi connectivity index (χ4n) is 3.74. The molecule has 0 amide bonds. The summed E-state index contributed by atoms with van der Waals surface area (Å²) < 4.78 is 2.16. The molecular formula is C20H20N4S3. The second-order valence-corrected chi connectivity index (χ2v) is 9.85. The van der Waals surface area contributed by atoms with Crippen LogP contribution in [0.2, 0.25) is 0 Å². The molecule has 0 saturated heterocycles. The van der Waals surface area contributed by atoms with Crippen molar-refractivity contribution in [1.82, 2.24) is 19.6 Å². The zero-order chi connectivity index (χ0) is 18.4. The molecule has 1 atom stereocenters. The normalized spacial score (nSPS) is 16.9. The molecule has 5 rings (SSSR count). The van der Waals surface area contributed by atoms with E-state index in [1.54, 1.807) is 23.5 Å². The number of aromatic nitrogens is 4. The monoisotopic (exact) mass is 412 g/mol.